The van der Waals surface area contributed by atoms with Crippen LogP contribution in [0, 0.1) is 0 Å². The zero-order chi connectivity index (χ0) is 15.6. The quantitative estimate of drug-likeness (QED) is 0.629. The van der Waals surface area contributed by atoms with Crippen LogP contribution in [-0.2, 0) is 0 Å². The number of hydrogen-bond acceptors (Lipinski definition) is 2. The third-order valence-corrected chi connectivity index (χ3v) is 3.91. The lowest BCUT2D eigenvalue weighted by atomic mass is 10.0. The fourth-order valence-corrected chi connectivity index (χ4v) is 2.62. The maximum atomic E-state index is 12.5. The normalized spacial score (nSPS) is 10.5. The van der Waals surface area contributed by atoms with Gasteiger partial charge in [0.1, 0.15) is 5.75 Å². The predicted octanol–water partition coefficient (Wildman–Crippen LogP) is 5.93. The maximum absolute atomic E-state index is 12.5. The molecule has 0 bridgehead atoms. The van der Waals surface area contributed by atoms with Crippen LogP contribution in [0.2, 0.25) is 20.1 Å². The van der Waals surface area contributed by atoms with E-state index in [1.807, 2.05) is 6.92 Å². The summed E-state index contributed by atoms with van der Waals surface area (Å²) in [6.45, 7) is 2.28. The summed E-state index contributed by atoms with van der Waals surface area (Å²) in [5.74, 6) is 0.0790. The summed E-state index contributed by atoms with van der Waals surface area (Å²) in [5, 5.41) is 1.26. The van der Waals surface area contributed by atoms with Gasteiger partial charge in [-0.3, -0.25) is 4.79 Å². The number of carbonyl (C=O) groups excluding carboxylic acids is 1. The molecule has 0 aliphatic rings. The molecule has 0 unspecified atom stereocenters. The van der Waals surface area contributed by atoms with Crippen LogP contribution in [0.3, 0.4) is 0 Å². The molecule has 2 aromatic carbocycles. The van der Waals surface area contributed by atoms with Crippen LogP contribution in [-0.4, -0.2) is 12.4 Å². The van der Waals surface area contributed by atoms with Gasteiger partial charge in [-0.2, -0.15) is 0 Å². The molecule has 0 saturated heterocycles. The Kier molecular flexibility index (Phi) is 5.39. The van der Waals surface area contributed by atoms with E-state index in [1.165, 1.54) is 18.2 Å². The average molecular weight is 364 g/mol. The Bertz CT molecular complexity index is 698. The zero-order valence-corrected chi connectivity index (χ0v) is 13.9. The van der Waals surface area contributed by atoms with Crippen LogP contribution in [0.4, 0.5) is 0 Å². The number of ether oxygens (including phenoxy) is 1. The summed E-state index contributed by atoms with van der Waals surface area (Å²) in [6, 6.07) is 7.63. The third kappa shape index (κ3) is 3.64. The largest absolute Gasteiger partial charge is 0.492 e. The lowest BCUT2D eigenvalue weighted by molar-refractivity contribution is 0.103. The van der Waals surface area contributed by atoms with Crippen molar-refractivity contribution >= 4 is 52.2 Å². The highest BCUT2D eigenvalue weighted by atomic mass is 35.5. The predicted molar refractivity (Wildman–Crippen MR) is 87.5 cm³/mol. The monoisotopic (exact) mass is 362 g/mol. The molecule has 0 aliphatic carbocycles. The Hall–Kier alpha value is -0.930. The van der Waals surface area contributed by atoms with Gasteiger partial charge in [-0.25, -0.2) is 0 Å². The van der Waals surface area contributed by atoms with Crippen molar-refractivity contribution < 1.29 is 9.53 Å². The van der Waals surface area contributed by atoms with Crippen molar-refractivity contribution in [3.05, 3.63) is 61.5 Å². The van der Waals surface area contributed by atoms with E-state index in [0.29, 0.717) is 27.4 Å². The van der Waals surface area contributed by atoms with Crippen LogP contribution >= 0.6 is 46.4 Å². The van der Waals surface area contributed by atoms with Crippen molar-refractivity contribution in [1.82, 2.24) is 0 Å². The van der Waals surface area contributed by atoms with E-state index in [-0.39, 0.29) is 21.9 Å². The van der Waals surface area contributed by atoms with Gasteiger partial charge in [-0.1, -0.05) is 46.4 Å². The van der Waals surface area contributed by atoms with Crippen molar-refractivity contribution in [2.75, 3.05) is 6.61 Å². The number of rotatable bonds is 4. The fraction of sp³-hybridized carbons (Fsp3) is 0.133. The number of carbonyl (C=O) groups is 1. The summed E-state index contributed by atoms with van der Waals surface area (Å²) in [5.41, 5.74) is 0.514. The van der Waals surface area contributed by atoms with Crippen molar-refractivity contribution in [3.8, 4) is 5.75 Å². The molecule has 6 heteroatoms. The summed E-state index contributed by atoms with van der Waals surface area (Å²) < 4.78 is 5.33. The van der Waals surface area contributed by atoms with Gasteiger partial charge in [0, 0.05) is 22.2 Å². The maximum Gasteiger partial charge on any atom is 0.196 e. The fourth-order valence-electron chi connectivity index (χ4n) is 1.79. The second kappa shape index (κ2) is 6.89. The van der Waals surface area contributed by atoms with Crippen LogP contribution in [0.1, 0.15) is 22.8 Å². The summed E-state index contributed by atoms with van der Waals surface area (Å²) in [6.07, 6.45) is 0. The molecule has 110 valence electrons. The number of halogens is 4. The van der Waals surface area contributed by atoms with E-state index in [4.69, 9.17) is 51.1 Å². The van der Waals surface area contributed by atoms with Gasteiger partial charge in [0.2, 0.25) is 0 Å². The minimum Gasteiger partial charge on any atom is -0.492 e. The van der Waals surface area contributed by atoms with Gasteiger partial charge in [0.25, 0.3) is 0 Å². The molecule has 2 nitrogen and oxygen atoms in total. The van der Waals surface area contributed by atoms with E-state index in [2.05, 4.69) is 0 Å². The molecule has 0 heterocycles. The van der Waals surface area contributed by atoms with Gasteiger partial charge in [-0.05, 0) is 31.2 Å². The number of benzene rings is 2. The molecule has 0 N–H and O–H groups in total. The Morgan fingerprint density at radius 1 is 0.952 bits per heavy atom. The van der Waals surface area contributed by atoms with Gasteiger partial charge in [-0.15, -0.1) is 0 Å². The molecule has 21 heavy (non-hydrogen) atoms. The SMILES string of the molecule is CCOc1cc(Cl)c(C(=O)c2cc(Cl)ccc2Cl)cc1Cl. The van der Waals surface area contributed by atoms with Crippen molar-refractivity contribution in [3.63, 3.8) is 0 Å². The number of ketones is 1. The molecule has 0 amide bonds. The Labute approximate surface area is 142 Å². The average Bonchev–Trinajstić information content (AvgIpc) is 2.44. The van der Waals surface area contributed by atoms with Crippen molar-refractivity contribution in [2.45, 2.75) is 6.92 Å². The first-order chi connectivity index (χ1) is 9.93. The highest BCUT2D eigenvalue weighted by molar-refractivity contribution is 6.40. The van der Waals surface area contributed by atoms with Crippen molar-refractivity contribution in [1.29, 1.82) is 0 Å². The minimum atomic E-state index is -0.350. The standard InChI is InChI=1S/C15H10Cl4O2/c1-2-21-14-7-12(18)10(6-13(14)19)15(20)9-5-8(16)3-4-11(9)17/h3-7H,2H2,1H3. The lowest BCUT2D eigenvalue weighted by Gasteiger charge is -2.10. The van der Waals surface area contributed by atoms with E-state index in [0.717, 1.165) is 0 Å². The third-order valence-electron chi connectivity index (χ3n) is 2.74. The molecule has 0 aromatic heterocycles. The first kappa shape index (κ1) is 16.4. The van der Waals surface area contributed by atoms with Gasteiger partial charge in [0.05, 0.1) is 21.7 Å². The highest BCUT2D eigenvalue weighted by Crippen LogP contribution is 2.33. The summed E-state index contributed by atoms with van der Waals surface area (Å²) in [7, 11) is 0. The summed E-state index contributed by atoms with van der Waals surface area (Å²) in [4.78, 5) is 12.5. The van der Waals surface area contributed by atoms with Gasteiger partial charge < -0.3 is 4.74 Å². The first-order valence-electron chi connectivity index (χ1n) is 6.05. The van der Waals surface area contributed by atoms with E-state index >= 15 is 0 Å². The molecule has 0 aliphatic heterocycles. The second-order valence-corrected chi connectivity index (χ2v) is 5.81. The van der Waals surface area contributed by atoms with Crippen LogP contribution in [0.5, 0.6) is 5.75 Å². The van der Waals surface area contributed by atoms with E-state index in [9.17, 15) is 4.79 Å². The Balaban J connectivity index is 2.49. The molecule has 2 aromatic rings. The second-order valence-electron chi connectivity index (χ2n) is 4.15. The molecule has 0 saturated carbocycles. The molecule has 0 radical (unpaired) electrons. The van der Waals surface area contributed by atoms with Crippen LogP contribution in [0.15, 0.2) is 30.3 Å². The first-order valence-corrected chi connectivity index (χ1v) is 7.56. The number of hydrogen-bond donors (Lipinski definition) is 0. The van der Waals surface area contributed by atoms with Crippen LogP contribution in [0.25, 0.3) is 0 Å². The Morgan fingerprint density at radius 2 is 1.62 bits per heavy atom. The zero-order valence-electron chi connectivity index (χ0n) is 10.9. The topological polar surface area (TPSA) is 26.3 Å². The molecule has 2 rings (SSSR count). The minimum absolute atomic E-state index is 0.240. The van der Waals surface area contributed by atoms with Gasteiger partial charge in [0.15, 0.2) is 5.78 Å². The van der Waals surface area contributed by atoms with Crippen LogP contribution < -0.4 is 4.74 Å². The van der Waals surface area contributed by atoms with E-state index in [1.54, 1.807) is 12.1 Å². The molecule has 0 fully saturated rings. The molecular formula is C15H10Cl4O2. The Morgan fingerprint density at radius 3 is 2.29 bits per heavy atom. The highest BCUT2D eigenvalue weighted by Gasteiger charge is 2.19. The molecule has 0 spiro atoms. The van der Waals surface area contributed by atoms with Gasteiger partial charge >= 0.3 is 0 Å². The smallest absolute Gasteiger partial charge is 0.196 e. The van der Waals surface area contributed by atoms with E-state index < -0.39 is 0 Å². The summed E-state index contributed by atoms with van der Waals surface area (Å²) >= 11 is 24.2. The molecule has 0 atom stereocenters. The lowest BCUT2D eigenvalue weighted by Crippen LogP contribution is -2.04. The van der Waals surface area contributed by atoms with Crippen molar-refractivity contribution in [2.24, 2.45) is 0 Å². The molecular weight excluding hydrogens is 354 g/mol.